The number of aromatic nitrogens is 4. The van der Waals surface area contributed by atoms with Crippen molar-refractivity contribution in [3.8, 4) is 5.75 Å². The zero-order chi connectivity index (χ0) is 19.8. The van der Waals surface area contributed by atoms with Gasteiger partial charge in [0.25, 0.3) is 5.91 Å². The zero-order valence-corrected chi connectivity index (χ0v) is 16.0. The van der Waals surface area contributed by atoms with Crippen LogP contribution in [0.5, 0.6) is 5.75 Å². The van der Waals surface area contributed by atoms with E-state index in [2.05, 4.69) is 21.2 Å². The summed E-state index contributed by atoms with van der Waals surface area (Å²) in [4.78, 5) is 16.9. The number of carbonyl (C=O) groups excluding carboxylic acids is 1. The third-order valence-corrected chi connectivity index (χ3v) is 5.35. The second-order valence-corrected chi connectivity index (χ2v) is 6.98. The average Bonchev–Trinajstić information content (AvgIpc) is 3.27. The van der Waals surface area contributed by atoms with Gasteiger partial charge in [0, 0.05) is 42.5 Å². The number of carbonyl (C=O) groups is 1. The summed E-state index contributed by atoms with van der Waals surface area (Å²) in [7, 11) is 1.62. The average molecular weight is 388 g/mol. The Hall–Kier alpha value is -3.68. The van der Waals surface area contributed by atoms with Crippen molar-refractivity contribution in [1.29, 1.82) is 0 Å². The number of methoxy groups -OCH3 is 1. The van der Waals surface area contributed by atoms with Crippen LogP contribution in [0.3, 0.4) is 0 Å². The molecule has 0 atom stereocenters. The lowest BCUT2D eigenvalue weighted by atomic mass is 10.1. The molecule has 1 saturated heterocycles. The third kappa shape index (κ3) is 3.02. The maximum Gasteiger partial charge on any atom is 0.253 e. The first-order chi connectivity index (χ1) is 14.2. The van der Waals surface area contributed by atoms with Gasteiger partial charge in [-0.25, -0.2) is 0 Å². The Kier molecular flexibility index (Phi) is 4.23. The van der Waals surface area contributed by atoms with Crippen molar-refractivity contribution < 1.29 is 9.53 Å². The van der Waals surface area contributed by atoms with Gasteiger partial charge in [-0.15, -0.1) is 15.3 Å². The van der Waals surface area contributed by atoms with E-state index >= 15 is 0 Å². The number of rotatable bonds is 3. The van der Waals surface area contributed by atoms with E-state index in [4.69, 9.17) is 9.84 Å². The lowest BCUT2D eigenvalue weighted by Gasteiger charge is -2.35. The van der Waals surface area contributed by atoms with Gasteiger partial charge < -0.3 is 14.5 Å². The van der Waals surface area contributed by atoms with E-state index in [1.54, 1.807) is 18.0 Å². The standard InChI is InChI=1S/C21H20N6O2/c1-29-16-8-6-15(7-9-16)21(28)26-12-10-25(11-13-26)20-18-5-3-2-4-17(18)19-23-22-14-27(19)24-20/h2-9,14H,10-13H2,1H3. The Bertz CT molecular complexity index is 1180. The van der Waals surface area contributed by atoms with E-state index in [9.17, 15) is 4.79 Å². The highest BCUT2D eigenvalue weighted by Crippen LogP contribution is 2.27. The van der Waals surface area contributed by atoms with Gasteiger partial charge in [0.05, 0.1) is 7.11 Å². The molecular formula is C21H20N6O2. The first-order valence-corrected chi connectivity index (χ1v) is 9.51. The Balaban J connectivity index is 1.38. The summed E-state index contributed by atoms with van der Waals surface area (Å²) in [5.74, 6) is 1.68. The molecule has 0 unspecified atom stereocenters. The van der Waals surface area contributed by atoms with Crippen LogP contribution in [0.25, 0.3) is 16.4 Å². The Morgan fingerprint density at radius 1 is 0.966 bits per heavy atom. The highest BCUT2D eigenvalue weighted by molar-refractivity contribution is 6.00. The molecule has 29 heavy (non-hydrogen) atoms. The molecule has 1 amide bonds. The van der Waals surface area contributed by atoms with Crippen LogP contribution in [0, 0.1) is 0 Å². The number of hydrogen-bond donors (Lipinski definition) is 0. The molecule has 1 aliphatic heterocycles. The molecule has 4 aromatic rings. The molecule has 0 N–H and O–H groups in total. The second-order valence-electron chi connectivity index (χ2n) is 6.98. The van der Waals surface area contributed by atoms with E-state index < -0.39 is 0 Å². The van der Waals surface area contributed by atoms with Crippen LogP contribution in [-0.2, 0) is 0 Å². The first-order valence-electron chi connectivity index (χ1n) is 9.51. The number of benzene rings is 2. The Labute approximate surface area is 167 Å². The molecule has 146 valence electrons. The van der Waals surface area contributed by atoms with E-state index in [-0.39, 0.29) is 5.91 Å². The first kappa shape index (κ1) is 17.4. The summed E-state index contributed by atoms with van der Waals surface area (Å²) in [5, 5.41) is 15.0. The second kappa shape index (κ2) is 7.05. The molecule has 3 heterocycles. The summed E-state index contributed by atoms with van der Waals surface area (Å²) >= 11 is 0. The van der Waals surface area contributed by atoms with Crippen LogP contribution in [0.2, 0.25) is 0 Å². The molecule has 8 nitrogen and oxygen atoms in total. The topological polar surface area (TPSA) is 75.9 Å². The van der Waals surface area contributed by atoms with Crippen LogP contribution < -0.4 is 9.64 Å². The number of anilines is 1. The molecule has 2 aromatic heterocycles. The van der Waals surface area contributed by atoms with Crippen LogP contribution in [0.15, 0.2) is 54.9 Å². The number of hydrogen-bond acceptors (Lipinski definition) is 6. The van der Waals surface area contributed by atoms with Gasteiger partial charge in [-0.1, -0.05) is 24.3 Å². The number of ether oxygens (including phenoxy) is 1. The Morgan fingerprint density at radius 3 is 2.41 bits per heavy atom. The molecule has 0 saturated carbocycles. The molecule has 1 aliphatic rings. The molecule has 0 radical (unpaired) electrons. The van der Waals surface area contributed by atoms with Crippen LogP contribution in [0.4, 0.5) is 5.82 Å². The van der Waals surface area contributed by atoms with Crippen LogP contribution in [0.1, 0.15) is 10.4 Å². The number of fused-ring (bicyclic) bond motifs is 3. The molecular weight excluding hydrogens is 368 g/mol. The monoisotopic (exact) mass is 388 g/mol. The van der Waals surface area contributed by atoms with Crippen LogP contribution >= 0.6 is 0 Å². The molecule has 2 aromatic carbocycles. The number of nitrogens with zero attached hydrogens (tertiary/aromatic N) is 6. The summed E-state index contributed by atoms with van der Waals surface area (Å²) < 4.78 is 6.88. The van der Waals surface area contributed by atoms with Crippen molar-refractivity contribution in [1.82, 2.24) is 24.7 Å². The normalized spacial score (nSPS) is 14.5. The highest BCUT2D eigenvalue weighted by atomic mass is 16.5. The molecule has 1 fully saturated rings. The quantitative estimate of drug-likeness (QED) is 0.536. The maximum atomic E-state index is 12.8. The minimum atomic E-state index is 0.0411. The molecule has 0 bridgehead atoms. The fraction of sp³-hybridized carbons (Fsp3) is 0.238. The predicted molar refractivity (Wildman–Crippen MR) is 109 cm³/mol. The van der Waals surface area contributed by atoms with Crippen molar-refractivity contribution in [2.75, 3.05) is 38.2 Å². The highest BCUT2D eigenvalue weighted by Gasteiger charge is 2.24. The Morgan fingerprint density at radius 2 is 1.69 bits per heavy atom. The van der Waals surface area contributed by atoms with E-state index in [1.165, 1.54) is 0 Å². The number of amides is 1. The molecule has 0 spiro atoms. The van der Waals surface area contributed by atoms with Gasteiger partial charge in [0.1, 0.15) is 12.1 Å². The van der Waals surface area contributed by atoms with E-state index in [0.717, 1.165) is 28.0 Å². The molecule has 8 heteroatoms. The largest absolute Gasteiger partial charge is 0.497 e. The molecule has 0 aliphatic carbocycles. The van der Waals surface area contributed by atoms with Gasteiger partial charge in [-0.2, -0.15) is 4.52 Å². The van der Waals surface area contributed by atoms with Gasteiger partial charge in [-0.05, 0) is 24.3 Å². The van der Waals surface area contributed by atoms with Crippen molar-refractivity contribution in [2.45, 2.75) is 0 Å². The maximum absolute atomic E-state index is 12.8. The smallest absolute Gasteiger partial charge is 0.253 e. The van der Waals surface area contributed by atoms with Crippen molar-refractivity contribution in [3.63, 3.8) is 0 Å². The number of piperazine rings is 1. The SMILES string of the molecule is COc1ccc(C(=O)N2CCN(c3nn4cnnc4c4ccccc34)CC2)cc1. The molecule has 5 rings (SSSR count). The van der Waals surface area contributed by atoms with Crippen molar-refractivity contribution in [2.24, 2.45) is 0 Å². The summed E-state index contributed by atoms with van der Waals surface area (Å²) in [6.45, 7) is 2.71. The third-order valence-electron chi connectivity index (χ3n) is 5.35. The summed E-state index contributed by atoms with van der Waals surface area (Å²) in [5.41, 5.74) is 1.42. The summed E-state index contributed by atoms with van der Waals surface area (Å²) in [6, 6.07) is 15.3. The minimum Gasteiger partial charge on any atom is -0.497 e. The van der Waals surface area contributed by atoms with Crippen LogP contribution in [-0.4, -0.2) is 63.9 Å². The van der Waals surface area contributed by atoms with Crippen molar-refractivity contribution in [3.05, 3.63) is 60.4 Å². The van der Waals surface area contributed by atoms with E-state index in [1.807, 2.05) is 47.4 Å². The lowest BCUT2D eigenvalue weighted by molar-refractivity contribution is 0.0746. The fourth-order valence-electron chi connectivity index (χ4n) is 3.78. The minimum absolute atomic E-state index is 0.0411. The van der Waals surface area contributed by atoms with Gasteiger partial charge in [0.2, 0.25) is 0 Å². The predicted octanol–water partition coefficient (Wildman–Crippen LogP) is 2.25. The van der Waals surface area contributed by atoms with Gasteiger partial charge >= 0.3 is 0 Å². The lowest BCUT2D eigenvalue weighted by Crippen LogP contribution is -2.49. The van der Waals surface area contributed by atoms with Crippen molar-refractivity contribution >= 4 is 28.1 Å². The van der Waals surface area contributed by atoms with E-state index in [0.29, 0.717) is 31.7 Å². The van der Waals surface area contributed by atoms with Gasteiger partial charge in [-0.3, -0.25) is 4.79 Å². The zero-order valence-electron chi connectivity index (χ0n) is 16.0. The summed E-state index contributed by atoms with van der Waals surface area (Å²) in [6.07, 6.45) is 1.62. The van der Waals surface area contributed by atoms with Gasteiger partial charge in [0.15, 0.2) is 11.5 Å². The fourth-order valence-corrected chi connectivity index (χ4v) is 3.78.